The summed E-state index contributed by atoms with van der Waals surface area (Å²) in [7, 11) is 0. The number of pyridine rings is 1. The Morgan fingerprint density at radius 1 is 1.35 bits per heavy atom. The highest BCUT2D eigenvalue weighted by atomic mass is 19.3. The molecule has 0 aromatic carbocycles. The number of rotatable bonds is 8. The summed E-state index contributed by atoms with van der Waals surface area (Å²) >= 11 is 0. The average Bonchev–Trinajstić information content (AvgIpc) is 2.29. The van der Waals surface area contributed by atoms with Crippen LogP contribution in [0.3, 0.4) is 0 Å². The summed E-state index contributed by atoms with van der Waals surface area (Å²) in [6.45, 7) is 3.31. The highest BCUT2D eigenvalue weighted by Gasteiger charge is 2.03. The van der Waals surface area contributed by atoms with E-state index in [0.717, 1.165) is 18.7 Å². The van der Waals surface area contributed by atoms with Gasteiger partial charge in [0.2, 0.25) is 0 Å². The number of nitrogens with zero attached hydrogens (tertiary/aromatic N) is 1. The summed E-state index contributed by atoms with van der Waals surface area (Å²) in [6, 6.07) is 5.53. The molecule has 0 bridgehead atoms. The number of hydrogen-bond acceptors (Lipinski definition) is 3. The lowest BCUT2D eigenvalue weighted by molar-refractivity contribution is 0.00879. The van der Waals surface area contributed by atoms with Crippen LogP contribution in [0, 0.1) is 0 Å². The van der Waals surface area contributed by atoms with Crippen LogP contribution < -0.4 is 5.32 Å². The highest BCUT2D eigenvalue weighted by Crippen LogP contribution is 2.03. The molecule has 0 saturated heterocycles. The molecule has 0 aliphatic rings. The molecule has 5 heteroatoms. The Bertz CT molecular complexity index is 321. The first kappa shape index (κ1) is 14.0. The number of ether oxygens (including phenoxy) is 1. The lowest BCUT2D eigenvalue weighted by Crippen LogP contribution is -2.15. The van der Waals surface area contributed by atoms with Crippen LogP contribution in [0.5, 0.6) is 0 Å². The Labute approximate surface area is 100 Å². The summed E-state index contributed by atoms with van der Waals surface area (Å²) in [6.07, 6.45) is -1.36. The van der Waals surface area contributed by atoms with Gasteiger partial charge in [-0.3, -0.25) is 4.98 Å². The first-order chi connectivity index (χ1) is 8.22. The molecule has 1 aromatic heterocycles. The quantitative estimate of drug-likeness (QED) is 0.713. The van der Waals surface area contributed by atoms with Gasteiger partial charge in [-0.1, -0.05) is 13.0 Å². The van der Waals surface area contributed by atoms with Gasteiger partial charge in [0, 0.05) is 6.54 Å². The van der Waals surface area contributed by atoms with E-state index < -0.39 is 13.0 Å². The molecule has 3 nitrogen and oxygen atoms in total. The molecule has 0 saturated carbocycles. The number of hydrogen-bond donors (Lipinski definition) is 1. The van der Waals surface area contributed by atoms with Crippen molar-refractivity contribution in [3.63, 3.8) is 0 Å². The molecule has 1 rings (SSSR count). The Hall–Kier alpha value is -1.07. The molecule has 0 atom stereocenters. The zero-order valence-electron chi connectivity index (χ0n) is 9.96. The second-order valence-electron chi connectivity index (χ2n) is 3.70. The van der Waals surface area contributed by atoms with Gasteiger partial charge in [-0.15, -0.1) is 0 Å². The first-order valence-corrected chi connectivity index (χ1v) is 5.73. The Morgan fingerprint density at radius 2 is 2.12 bits per heavy atom. The van der Waals surface area contributed by atoms with Crippen molar-refractivity contribution in [1.82, 2.24) is 10.3 Å². The molecule has 1 N–H and O–H groups in total. The molecule has 0 unspecified atom stereocenters. The van der Waals surface area contributed by atoms with Gasteiger partial charge in [0.25, 0.3) is 6.43 Å². The molecule has 0 amide bonds. The summed E-state index contributed by atoms with van der Waals surface area (Å²) in [5.74, 6) is 0. The minimum Gasteiger partial charge on any atom is -0.369 e. The van der Waals surface area contributed by atoms with Gasteiger partial charge >= 0.3 is 0 Å². The number of aromatic nitrogens is 1. The lowest BCUT2D eigenvalue weighted by Gasteiger charge is -2.06. The van der Waals surface area contributed by atoms with E-state index in [1.807, 2.05) is 12.1 Å². The third-order valence-corrected chi connectivity index (χ3v) is 2.09. The standard InChI is InChI=1S/C12H18F2N2O/c1-2-6-15-7-10-4-3-5-11(16-10)8-17-9-12(13)14/h3-5,12,15H,2,6-9H2,1H3. The van der Waals surface area contributed by atoms with Gasteiger partial charge < -0.3 is 10.1 Å². The molecule has 17 heavy (non-hydrogen) atoms. The smallest absolute Gasteiger partial charge is 0.261 e. The fraction of sp³-hybridized carbons (Fsp3) is 0.583. The fourth-order valence-electron chi connectivity index (χ4n) is 1.35. The minimum absolute atomic E-state index is 0.131. The SMILES string of the molecule is CCCNCc1cccc(COCC(F)F)n1. The molecule has 0 spiro atoms. The minimum atomic E-state index is -2.43. The third kappa shape index (κ3) is 6.28. The van der Waals surface area contributed by atoms with Crippen LogP contribution in [-0.2, 0) is 17.9 Å². The van der Waals surface area contributed by atoms with Crippen LogP contribution >= 0.6 is 0 Å². The van der Waals surface area contributed by atoms with Gasteiger partial charge in [-0.2, -0.15) is 0 Å². The second kappa shape index (κ2) is 8.08. The molecular weight excluding hydrogens is 226 g/mol. The van der Waals surface area contributed by atoms with Crippen molar-refractivity contribution < 1.29 is 13.5 Å². The van der Waals surface area contributed by atoms with Crippen molar-refractivity contribution in [2.24, 2.45) is 0 Å². The van der Waals surface area contributed by atoms with Crippen molar-refractivity contribution in [3.05, 3.63) is 29.6 Å². The second-order valence-corrected chi connectivity index (χ2v) is 3.70. The highest BCUT2D eigenvalue weighted by molar-refractivity contribution is 5.10. The Balaban J connectivity index is 2.37. The predicted octanol–water partition coefficient (Wildman–Crippen LogP) is 2.36. The molecule has 1 aromatic rings. The fourth-order valence-corrected chi connectivity index (χ4v) is 1.35. The van der Waals surface area contributed by atoms with Gasteiger partial charge in [0.15, 0.2) is 0 Å². The van der Waals surface area contributed by atoms with Crippen molar-refractivity contribution in [2.75, 3.05) is 13.2 Å². The average molecular weight is 244 g/mol. The molecular formula is C12H18F2N2O. The van der Waals surface area contributed by atoms with E-state index in [4.69, 9.17) is 4.74 Å². The van der Waals surface area contributed by atoms with Gasteiger partial charge in [-0.25, -0.2) is 8.78 Å². The van der Waals surface area contributed by atoms with Crippen LogP contribution in [0.1, 0.15) is 24.7 Å². The molecule has 96 valence electrons. The monoisotopic (exact) mass is 244 g/mol. The lowest BCUT2D eigenvalue weighted by atomic mass is 10.3. The summed E-state index contributed by atoms with van der Waals surface area (Å²) in [4.78, 5) is 4.31. The van der Waals surface area contributed by atoms with Crippen molar-refractivity contribution in [3.8, 4) is 0 Å². The van der Waals surface area contributed by atoms with Crippen LogP contribution in [0.2, 0.25) is 0 Å². The van der Waals surface area contributed by atoms with Crippen molar-refractivity contribution in [2.45, 2.75) is 32.9 Å². The summed E-state index contributed by atoms with van der Waals surface area (Å²) in [5, 5.41) is 3.23. The Kier molecular flexibility index (Phi) is 6.65. The van der Waals surface area contributed by atoms with Crippen LogP contribution in [-0.4, -0.2) is 24.6 Å². The normalized spacial score (nSPS) is 11.1. The maximum Gasteiger partial charge on any atom is 0.261 e. The van der Waals surface area contributed by atoms with Gasteiger partial charge in [0.1, 0.15) is 6.61 Å². The molecule has 0 aliphatic carbocycles. The predicted molar refractivity (Wildman–Crippen MR) is 61.9 cm³/mol. The van der Waals surface area contributed by atoms with Crippen LogP contribution in [0.15, 0.2) is 18.2 Å². The topological polar surface area (TPSA) is 34.1 Å². The maximum absolute atomic E-state index is 11.9. The first-order valence-electron chi connectivity index (χ1n) is 5.73. The Morgan fingerprint density at radius 3 is 2.82 bits per heavy atom. The number of nitrogens with one attached hydrogen (secondary N) is 1. The number of halogens is 2. The van der Waals surface area contributed by atoms with Crippen LogP contribution in [0.4, 0.5) is 8.78 Å². The van der Waals surface area contributed by atoms with Crippen molar-refractivity contribution >= 4 is 0 Å². The third-order valence-electron chi connectivity index (χ3n) is 2.09. The molecule has 0 fully saturated rings. The summed E-state index contributed by atoms with van der Waals surface area (Å²) < 4.78 is 28.6. The summed E-state index contributed by atoms with van der Waals surface area (Å²) in [5.41, 5.74) is 1.58. The molecule has 0 aliphatic heterocycles. The zero-order valence-corrected chi connectivity index (χ0v) is 9.96. The van der Waals surface area contributed by atoms with Crippen molar-refractivity contribution in [1.29, 1.82) is 0 Å². The largest absolute Gasteiger partial charge is 0.369 e. The van der Waals surface area contributed by atoms with E-state index in [1.165, 1.54) is 0 Å². The molecule has 1 heterocycles. The van der Waals surface area contributed by atoms with E-state index in [0.29, 0.717) is 12.2 Å². The van der Waals surface area contributed by atoms with Gasteiger partial charge in [0.05, 0.1) is 18.0 Å². The van der Waals surface area contributed by atoms with Gasteiger partial charge in [-0.05, 0) is 25.1 Å². The zero-order chi connectivity index (χ0) is 12.5. The van der Waals surface area contributed by atoms with E-state index in [1.54, 1.807) is 6.07 Å². The van der Waals surface area contributed by atoms with Crippen LogP contribution in [0.25, 0.3) is 0 Å². The molecule has 0 radical (unpaired) electrons. The van der Waals surface area contributed by atoms with E-state index in [2.05, 4.69) is 17.2 Å². The maximum atomic E-state index is 11.9. The number of alkyl halides is 2. The van der Waals surface area contributed by atoms with E-state index in [-0.39, 0.29) is 6.61 Å². The van der Waals surface area contributed by atoms with E-state index in [9.17, 15) is 8.78 Å². The van der Waals surface area contributed by atoms with E-state index >= 15 is 0 Å².